The molecule has 72 valence electrons. The average Bonchev–Trinajstić information content (AvgIpc) is 1.85. The van der Waals surface area contributed by atoms with E-state index in [0.29, 0.717) is 0 Å². The Balaban J connectivity index is 4.02. The Morgan fingerprint density at radius 2 is 2.00 bits per heavy atom. The summed E-state index contributed by atoms with van der Waals surface area (Å²) >= 11 is 0. The van der Waals surface area contributed by atoms with E-state index in [1.165, 1.54) is 0 Å². The summed E-state index contributed by atoms with van der Waals surface area (Å²) in [6.45, 7) is -1.41. The second-order valence-corrected chi connectivity index (χ2v) is 3.86. The molecule has 0 aliphatic carbocycles. The predicted octanol–water partition coefficient (Wildman–Crippen LogP) is -1.84. The molecule has 8 heteroatoms. The zero-order chi connectivity index (χ0) is 9.78. The van der Waals surface area contributed by atoms with Gasteiger partial charge in [-0.2, -0.15) is 0 Å². The van der Waals surface area contributed by atoms with Gasteiger partial charge < -0.3 is 20.0 Å². The summed E-state index contributed by atoms with van der Waals surface area (Å²) in [5.41, 5.74) is 0. The molecular formula is C4H10NO6P. The number of aliphatic carboxylic acids is 1. The normalized spacial score (nSPS) is 14.2. The highest BCUT2D eigenvalue weighted by Gasteiger charge is 2.27. The van der Waals surface area contributed by atoms with E-state index < -0.39 is 32.5 Å². The zero-order valence-electron chi connectivity index (χ0n) is 6.04. The summed E-state index contributed by atoms with van der Waals surface area (Å²) < 4.78 is 10.5. The highest BCUT2D eigenvalue weighted by molar-refractivity contribution is 7.52. The third-order valence-corrected chi connectivity index (χ3v) is 2.23. The Morgan fingerprint density at radius 1 is 1.50 bits per heavy atom. The predicted molar refractivity (Wildman–Crippen MR) is 38.6 cm³/mol. The third kappa shape index (κ3) is 4.42. The molecule has 0 aliphatic heterocycles. The largest absolute Gasteiger partial charge is 0.480 e. The first-order valence-electron chi connectivity index (χ1n) is 2.99. The second kappa shape index (κ2) is 4.54. The molecular weight excluding hydrogens is 189 g/mol. The smallest absolute Gasteiger partial charge is 0.344 e. The maximum atomic E-state index is 10.5. The molecule has 0 amide bonds. The molecule has 0 fully saturated rings. The van der Waals surface area contributed by atoms with Crippen molar-refractivity contribution in [1.82, 2.24) is 5.32 Å². The lowest BCUT2D eigenvalue weighted by molar-refractivity contribution is -0.136. The van der Waals surface area contributed by atoms with E-state index >= 15 is 0 Å². The Morgan fingerprint density at radius 3 is 2.25 bits per heavy atom. The van der Waals surface area contributed by atoms with Crippen LogP contribution in [0.5, 0.6) is 0 Å². The van der Waals surface area contributed by atoms with E-state index in [-0.39, 0.29) is 0 Å². The fourth-order valence-corrected chi connectivity index (χ4v) is 1.04. The lowest BCUT2D eigenvalue weighted by atomic mass is 10.6. The molecule has 0 aromatic heterocycles. The molecule has 0 radical (unpaired) electrons. The SMILES string of the molecule is O=C(O)CNC(CO)P(=O)(O)O. The van der Waals surface area contributed by atoms with Crippen molar-refractivity contribution in [2.75, 3.05) is 13.2 Å². The Hall–Kier alpha value is -0.460. The van der Waals surface area contributed by atoms with Crippen molar-refractivity contribution in [3.63, 3.8) is 0 Å². The van der Waals surface area contributed by atoms with E-state index in [2.05, 4.69) is 0 Å². The number of rotatable bonds is 5. The van der Waals surface area contributed by atoms with Gasteiger partial charge in [-0.15, -0.1) is 0 Å². The number of carboxylic acid groups (broad SMARTS) is 1. The van der Waals surface area contributed by atoms with Crippen molar-refractivity contribution in [3.8, 4) is 0 Å². The number of aliphatic hydroxyl groups excluding tert-OH is 1. The Bertz CT molecular complexity index is 200. The molecule has 0 heterocycles. The van der Waals surface area contributed by atoms with Gasteiger partial charge in [0.2, 0.25) is 0 Å². The zero-order valence-corrected chi connectivity index (χ0v) is 6.94. The van der Waals surface area contributed by atoms with E-state index in [0.717, 1.165) is 0 Å². The van der Waals surface area contributed by atoms with Crippen LogP contribution in [0.1, 0.15) is 0 Å². The van der Waals surface area contributed by atoms with E-state index in [9.17, 15) is 9.36 Å². The van der Waals surface area contributed by atoms with Crippen LogP contribution < -0.4 is 5.32 Å². The minimum atomic E-state index is -4.46. The monoisotopic (exact) mass is 199 g/mol. The molecule has 1 unspecified atom stereocenters. The van der Waals surface area contributed by atoms with Crippen LogP contribution in [0.3, 0.4) is 0 Å². The van der Waals surface area contributed by atoms with Crippen LogP contribution in [-0.2, 0) is 9.36 Å². The Kier molecular flexibility index (Phi) is 4.36. The summed E-state index contributed by atoms with van der Waals surface area (Å²) in [6.07, 6.45) is 0. The van der Waals surface area contributed by atoms with Crippen molar-refractivity contribution in [3.05, 3.63) is 0 Å². The minimum Gasteiger partial charge on any atom is -0.480 e. The van der Waals surface area contributed by atoms with Crippen molar-refractivity contribution in [2.45, 2.75) is 5.78 Å². The fraction of sp³-hybridized carbons (Fsp3) is 0.750. The van der Waals surface area contributed by atoms with Crippen LogP contribution in [0.2, 0.25) is 0 Å². The average molecular weight is 199 g/mol. The van der Waals surface area contributed by atoms with Crippen LogP contribution >= 0.6 is 7.60 Å². The standard InChI is InChI=1S/C4H10NO6P/c6-2-3(12(9,10)11)5-1-4(7)8/h3,5-6H,1-2H2,(H,7,8)(H2,9,10,11). The molecule has 0 rings (SSSR count). The van der Waals surface area contributed by atoms with Gasteiger partial charge in [0, 0.05) is 0 Å². The summed E-state index contributed by atoms with van der Waals surface area (Å²) in [6, 6.07) is 0. The maximum Gasteiger partial charge on any atom is 0.344 e. The van der Waals surface area contributed by atoms with Crippen molar-refractivity contribution in [2.24, 2.45) is 0 Å². The first-order chi connectivity index (χ1) is 5.38. The Labute approximate surface area is 68.2 Å². The number of carboxylic acids is 1. The van der Waals surface area contributed by atoms with Crippen LogP contribution in [-0.4, -0.2) is 44.9 Å². The van der Waals surface area contributed by atoms with Crippen LogP contribution in [0.4, 0.5) is 0 Å². The van der Waals surface area contributed by atoms with E-state index in [4.69, 9.17) is 20.0 Å². The first kappa shape index (κ1) is 11.5. The molecule has 0 aromatic rings. The molecule has 0 spiro atoms. The molecule has 0 bridgehead atoms. The van der Waals surface area contributed by atoms with Crippen LogP contribution in [0, 0.1) is 0 Å². The molecule has 0 aliphatic rings. The maximum absolute atomic E-state index is 10.5. The number of hydrogen-bond donors (Lipinski definition) is 5. The van der Waals surface area contributed by atoms with Gasteiger partial charge in [0.1, 0.15) is 5.78 Å². The highest BCUT2D eigenvalue weighted by Crippen LogP contribution is 2.38. The number of carbonyl (C=O) groups is 1. The number of aliphatic hydroxyl groups is 1. The molecule has 7 nitrogen and oxygen atoms in total. The third-order valence-electron chi connectivity index (χ3n) is 1.07. The van der Waals surface area contributed by atoms with Crippen LogP contribution in [0.25, 0.3) is 0 Å². The second-order valence-electron chi connectivity index (χ2n) is 2.06. The fourth-order valence-electron chi connectivity index (χ4n) is 0.495. The lowest BCUT2D eigenvalue weighted by Gasteiger charge is -2.15. The van der Waals surface area contributed by atoms with Crippen LogP contribution in [0.15, 0.2) is 0 Å². The van der Waals surface area contributed by atoms with E-state index in [1.54, 1.807) is 0 Å². The van der Waals surface area contributed by atoms with Crippen molar-refractivity contribution in [1.29, 1.82) is 0 Å². The first-order valence-corrected chi connectivity index (χ1v) is 4.67. The summed E-state index contributed by atoms with van der Waals surface area (Å²) in [5.74, 6) is -2.75. The molecule has 1 atom stereocenters. The quantitative estimate of drug-likeness (QED) is 0.329. The molecule has 0 saturated heterocycles. The molecule has 0 aromatic carbocycles. The minimum absolute atomic E-state index is 0.601. The van der Waals surface area contributed by atoms with Crippen molar-refractivity contribution < 1.29 is 29.4 Å². The number of nitrogens with one attached hydrogen (secondary N) is 1. The molecule has 12 heavy (non-hydrogen) atoms. The lowest BCUT2D eigenvalue weighted by Crippen LogP contribution is -2.36. The summed E-state index contributed by atoms with van der Waals surface area (Å²) in [5, 5.41) is 18.5. The summed E-state index contributed by atoms with van der Waals surface area (Å²) in [4.78, 5) is 26.9. The van der Waals surface area contributed by atoms with E-state index in [1.807, 2.05) is 5.32 Å². The van der Waals surface area contributed by atoms with Gasteiger partial charge in [-0.05, 0) is 0 Å². The topological polar surface area (TPSA) is 127 Å². The molecule has 0 saturated carbocycles. The van der Waals surface area contributed by atoms with Gasteiger partial charge in [0.25, 0.3) is 0 Å². The number of hydrogen-bond acceptors (Lipinski definition) is 4. The summed E-state index contributed by atoms with van der Waals surface area (Å²) in [7, 11) is -4.46. The van der Waals surface area contributed by atoms with Gasteiger partial charge in [0.05, 0.1) is 13.2 Å². The van der Waals surface area contributed by atoms with Crippen molar-refractivity contribution >= 4 is 13.6 Å². The van der Waals surface area contributed by atoms with Gasteiger partial charge in [0.15, 0.2) is 0 Å². The van der Waals surface area contributed by atoms with Gasteiger partial charge >= 0.3 is 13.6 Å². The van der Waals surface area contributed by atoms with Gasteiger partial charge in [-0.25, -0.2) is 0 Å². The molecule has 5 N–H and O–H groups in total. The van der Waals surface area contributed by atoms with Gasteiger partial charge in [-0.1, -0.05) is 0 Å². The highest BCUT2D eigenvalue weighted by atomic mass is 31.2. The van der Waals surface area contributed by atoms with Gasteiger partial charge in [-0.3, -0.25) is 14.7 Å².